The number of rotatable bonds is 8. The van der Waals surface area contributed by atoms with Crippen molar-refractivity contribution < 1.29 is 28.6 Å². The zero-order valence-corrected chi connectivity index (χ0v) is 14.6. The maximum absolute atomic E-state index is 12.8. The number of halogens is 1. The number of likely N-dealkylation sites (tertiary alicyclic amines) is 1. The summed E-state index contributed by atoms with van der Waals surface area (Å²) in [5.74, 6) is -0.849. The molecule has 0 radical (unpaired) electrons. The van der Waals surface area contributed by atoms with Crippen LogP contribution < -0.4 is 9.47 Å². The first-order valence-electron chi connectivity index (χ1n) is 8.62. The Balaban J connectivity index is 1.48. The molecule has 1 unspecified atom stereocenters. The highest BCUT2D eigenvalue weighted by atomic mass is 19.1. The Hall–Kier alpha value is -3.09. The molecule has 0 saturated carbocycles. The maximum atomic E-state index is 12.8. The number of carbonyl (C=O) groups excluding carboxylic acids is 1. The van der Waals surface area contributed by atoms with Gasteiger partial charge in [0.05, 0.1) is 5.92 Å². The summed E-state index contributed by atoms with van der Waals surface area (Å²) in [5, 5.41) is 9.05. The van der Waals surface area contributed by atoms with Crippen LogP contribution in [0.2, 0.25) is 0 Å². The van der Waals surface area contributed by atoms with Crippen LogP contribution in [0.5, 0.6) is 11.5 Å². The molecule has 2 aromatic rings. The van der Waals surface area contributed by atoms with Crippen molar-refractivity contribution in [2.75, 3.05) is 19.8 Å². The molecule has 1 aliphatic heterocycles. The van der Waals surface area contributed by atoms with Gasteiger partial charge in [-0.2, -0.15) is 0 Å². The highest BCUT2D eigenvalue weighted by Crippen LogP contribution is 2.22. The van der Waals surface area contributed by atoms with Gasteiger partial charge in [-0.1, -0.05) is 12.1 Å². The fraction of sp³-hybridized carbons (Fsp3) is 0.300. The zero-order valence-electron chi connectivity index (χ0n) is 14.6. The standard InChI is InChI=1S/C20H20FNO5/c21-16-4-6-17(7-5-16)26-8-9-27-18-3-1-2-14(10-18)12-22-13-15(20(24)25)11-19(22)23/h1-7,10,15H,8-9,11-13H2,(H,24,25). The lowest BCUT2D eigenvalue weighted by atomic mass is 10.1. The summed E-state index contributed by atoms with van der Waals surface area (Å²) in [6, 6.07) is 13.1. The number of hydrogen-bond acceptors (Lipinski definition) is 4. The van der Waals surface area contributed by atoms with E-state index >= 15 is 0 Å². The van der Waals surface area contributed by atoms with Crippen molar-refractivity contribution in [2.24, 2.45) is 5.92 Å². The van der Waals surface area contributed by atoms with Crippen LogP contribution in [0.25, 0.3) is 0 Å². The lowest BCUT2D eigenvalue weighted by Crippen LogP contribution is -2.25. The number of aliphatic carboxylic acids is 1. The van der Waals surface area contributed by atoms with Gasteiger partial charge in [-0.05, 0) is 42.0 Å². The highest BCUT2D eigenvalue weighted by molar-refractivity contribution is 5.86. The molecule has 0 aliphatic carbocycles. The van der Waals surface area contributed by atoms with E-state index in [0.29, 0.717) is 31.3 Å². The quantitative estimate of drug-likeness (QED) is 0.720. The van der Waals surface area contributed by atoms with Crippen LogP contribution in [0.15, 0.2) is 48.5 Å². The van der Waals surface area contributed by atoms with Crippen LogP contribution in [0, 0.1) is 11.7 Å². The second-order valence-corrected chi connectivity index (χ2v) is 6.31. The molecule has 1 N–H and O–H groups in total. The Labute approximate surface area is 156 Å². The minimum Gasteiger partial charge on any atom is -0.490 e. The number of benzene rings is 2. The van der Waals surface area contributed by atoms with E-state index in [1.807, 2.05) is 18.2 Å². The Morgan fingerprint density at radius 2 is 1.81 bits per heavy atom. The first kappa shape index (κ1) is 18.7. The summed E-state index contributed by atoms with van der Waals surface area (Å²) in [4.78, 5) is 24.5. The largest absolute Gasteiger partial charge is 0.490 e. The smallest absolute Gasteiger partial charge is 0.308 e. The number of carbonyl (C=O) groups is 2. The number of carboxylic acids is 1. The average Bonchev–Trinajstić information content (AvgIpc) is 3.02. The van der Waals surface area contributed by atoms with Crippen LogP contribution in [0.1, 0.15) is 12.0 Å². The first-order valence-corrected chi connectivity index (χ1v) is 8.62. The predicted octanol–water partition coefficient (Wildman–Crippen LogP) is 2.72. The van der Waals surface area contributed by atoms with E-state index in [2.05, 4.69) is 0 Å². The summed E-state index contributed by atoms with van der Waals surface area (Å²) >= 11 is 0. The minimum absolute atomic E-state index is 0.0479. The van der Waals surface area contributed by atoms with Gasteiger partial charge >= 0.3 is 5.97 Å². The molecule has 1 amide bonds. The summed E-state index contributed by atoms with van der Waals surface area (Å²) < 4.78 is 23.9. The van der Waals surface area contributed by atoms with Crippen molar-refractivity contribution in [3.05, 3.63) is 59.9 Å². The van der Waals surface area contributed by atoms with E-state index in [0.717, 1.165) is 5.56 Å². The van der Waals surface area contributed by atoms with Crippen LogP contribution in [-0.2, 0) is 16.1 Å². The summed E-state index contributed by atoms with van der Waals surface area (Å²) in [5.41, 5.74) is 0.867. The molecule has 1 saturated heterocycles. The van der Waals surface area contributed by atoms with E-state index in [-0.39, 0.29) is 24.7 Å². The van der Waals surface area contributed by atoms with Gasteiger partial charge in [-0.25, -0.2) is 4.39 Å². The molecule has 1 atom stereocenters. The van der Waals surface area contributed by atoms with Crippen molar-refractivity contribution in [3.63, 3.8) is 0 Å². The molecule has 3 rings (SSSR count). The molecule has 7 heteroatoms. The normalized spacial score (nSPS) is 16.4. The summed E-state index contributed by atoms with van der Waals surface area (Å²) in [6.45, 7) is 1.20. The predicted molar refractivity (Wildman–Crippen MR) is 95.0 cm³/mol. The fourth-order valence-corrected chi connectivity index (χ4v) is 2.89. The molecule has 0 bridgehead atoms. The van der Waals surface area contributed by atoms with Gasteiger partial charge in [0.1, 0.15) is 30.5 Å². The fourth-order valence-electron chi connectivity index (χ4n) is 2.89. The molecule has 1 fully saturated rings. The van der Waals surface area contributed by atoms with Crippen LogP contribution in [0.3, 0.4) is 0 Å². The van der Waals surface area contributed by atoms with Gasteiger partial charge in [0, 0.05) is 19.5 Å². The van der Waals surface area contributed by atoms with Crippen LogP contribution >= 0.6 is 0 Å². The lowest BCUT2D eigenvalue weighted by molar-refractivity contribution is -0.141. The van der Waals surface area contributed by atoms with Gasteiger partial charge in [-0.15, -0.1) is 0 Å². The molecule has 2 aromatic carbocycles. The van der Waals surface area contributed by atoms with Gasteiger partial charge in [-0.3, -0.25) is 9.59 Å². The molecular weight excluding hydrogens is 353 g/mol. The molecule has 27 heavy (non-hydrogen) atoms. The summed E-state index contributed by atoms with van der Waals surface area (Å²) in [6.07, 6.45) is 0.0479. The highest BCUT2D eigenvalue weighted by Gasteiger charge is 2.34. The Bertz CT molecular complexity index is 808. The third kappa shape index (κ3) is 5.20. The Morgan fingerprint density at radius 1 is 1.11 bits per heavy atom. The second kappa shape index (κ2) is 8.53. The molecular formula is C20H20FNO5. The van der Waals surface area contributed by atoms with E-state index in [1.165, 1.54) is 12.1 Å². The van der Waals surface area contributed by atoms with E-state index in [1.54, 1.807) is 23.1 Å². The van der Waals surface area contributed by atoms with Gasteiger partial charge in [0.15, 0.2) is 0 Å². The van der Waals surface area contributed by atoms with E-state index < -0.39 is 11.9 Å². The van der Waals surface area contributed by atoms with Crippen molar-refractivity contribution in [2.45, 2.75) is 13.0 Å². The Kier molecular flexibility index (Phi) is 5.90. The summed E-state index contributed by atoms with van der Waals surface area (Å²) in [7, 11) is 0. The Morgan fingerprint density at radius 3 is 2.48 bits per heavy atom. The topological polar surface area (TPSA) is 76.1 Å². The molecule has 0 spiro atoms. The van der Waals surface area contributed by atoms with Gasteiger partial charge in [0.25, 0.3) is 0 Å². The number of nitrogens with zero attached hydrogens (tertiary/aromatic N) is 1. The average molecular weight is 373 g/mol. The van der Waals surface area contributed by atoms with Crippen LogP contribution in [-0.4, -0.2) is 41.6 Å². The van der Waals surface area contributed by atoms with E-state index in [4.69, 9.17) is 14.6 Å². The van der Waals surface area contributed by atoms with Crippen molar-refractivity contribution in [1.29, 1.82) is 0 Å². The van der Waals surface area contributed by atoms with Crippen LogP contribution in [0.4, 0.5) is 4.39 Å². The van der Waals surface area contributed by atoms with Gasteiger partial charge in [0.2, 0.25) is 5.91 Å². The van der Waals surface area contributed by atoms with Gasteiger partial charge < -0.3 is 19.5 Å². The SMILES string of the molecule is O=C(O)C1CC(=O)N(Cc2cccc(OCCOc3ccc(F)cc3)c2)C1. The van der Waals surface area contributed by atoms with Crippen molar-refractivity contribution in [1.82, 2.24) is 4.90 Å². The molecule has 1 aliphatic rings. The lowest BCUT2D eigenvalue weighted by Gasteiger charge is -2.16. The van der Waals surface area contributed by atoms with E-state index in [9.17, 15) is 14.0 Å². The molecule has 1 heterocycles. The maximum Gasteiger partial charge on any atom is 0.308 e. The number of carboxylic acid groups (broad SMARTS) is 1. The third-order valence-electron chi connectivity index (χ3n) is 4.27. The van der Waals surface area contributed by atoms with Crippen molar-refractivity contribution in [3.8, 4) is 11.5 Å². The van der Waals surface area contributed by atoms with Crippen molar-refractivity contribution >= 4 is 11.9 Å². The molecule has 0 aromatic heterocycles. The molecule has 6 nitrogen and oxygen atoms in total. The number of ether oxygens (including phenoxy) is 2. The zero-order chi connectivity index (χ0) is 19.2. The number of amides is 1. The molecule has 142 valence electrons. The monoisotopic (exact) mass is 373 g/mol. The third-order valence-corrected chi connectivity index (χ3v) is 4.27. The first-order chi connectivity index (χ1) is 13.0. The minimum atomic E-state index is -0.941. The number of hydrogen-bond donors (Lipinski definition) is 1. The second-order valence-electron chi connectivity index (χ2n) is 6.31.